The molecule has 4 aromatic rings. The number of hydrogen-bond donors (Lipinski definition) is 2. The van der Waals surface area contributed by atoms with E-state index in [1.807, 2.05) is 0 Å². The highest BCUT2D eigenvalue weighted by atomic mass is 19.1. The average Bonchev–Trinajstić information content (AvgIpc) is 4.32. The van der Waals surface area contributed by atoms with Gasteiger partial charge in [0.2, 0.25) is 10.9 Å². The van der Waals surface area contributed by atoms with Gasteiger partial charge in [-0.1, -0.05) is 51.4 Å². The first-order valence-corrected chi connectivity index (χ1v) is 25.3. The second-order valence-corrected chi connectivity index (χ2v) is 19.4. The Morgan fingerprint density at radius 2 is 0.833 bits per heavy atom. The summed E-state index contributed by atoms with van der Waals surface area (Å²) in [5, 5.41) is 19.1. The molecule has 2 aromatic carbocycles. The number of rotatable bonds is 23. The molecule has 0 atom stereocenters. The van der Waals surface area contributed by atoms with Crippen molar-refractivity contribution in [3.63, 3.8) is 0 Å². The van der Waals surface area contributed by atoms with E-state index in [9.17, 15) is 48.6 Å². The third-order valence-electron chi connectivity index (χ3n) is 14.2. The van der Waals surface area contributed by atoms with Crippen LogP contribution in [0, 0.1) is 11.6 Å². The molecular formula is C52H62F2N6O12. The summed E-state index contributed by atoms with van der Waals surface area (Å²) in [6.07, 6.45) is 15.7. The lowest BCUT2D eigenvalue weighted by Crippen LogP contribution is -2.50. The summed E-state index contributed by atoms with van der Waals surface area (Å²) in [5.74, 6) is -5.50. The molecule has 2 aliphatic carbocycles. The molecule has 18 nitrogen and oxygen atoms in total. The van der Waals surface area contributed by atoms with Gasteiger partial charge in [-0.3, -0.25) is 28.8 Å². The van der Waals surface area contributed by atoms with E-state index in [4.69, 9.17) is 9.47 Å². The summed E-state index contributed by atoms with van der Waals surface area (Å²) in [4.78, 5) is 106. The number of anilines is 2. The number of unbranched alkanes of at least 4 members (excludes halogenated alkanes) is 9. The monoisotopic (exact) mass is 1000 g/mol. The first-order valence-electron chi connectivity index (χ1n) is 25.3. The largest absolute Gasteiger partial charge is 0.477 e. The second-order valence-electron chi connectivity index (χ2n) is 19.4. The maximum atomic E-state index is 15.4. The number of amides is 2. The van der Waals surface area contributed by atoms with E-state index in [1.165, 1.54) is 12.4 Å². The number of carboxylic acids is 2. The molecule has 8 rings (SSSR count). The van der Waals surface area contributed by atoms with Gasteiger partial charge >= 0.3 is 23.9 Å². The number of ether oxygens (including phenoxy) is 2. The fraction of sp³-hybridized carbons (Fsp3) is 0.538. The third kappa shape index (κ3) is 12.4. The van der Waals surface area contributed by atoms with Crippen LogP contribution in [0.3, 0.4) is 0 Å². The van der Waals surface area contributed by atoms with Crippen molar-refractivity contribution in [1.82, 2.24) is 18.9 Å². The van der Waals surface area contributed by atoms with Gasteiger partial charge in [0.25, 0.3) is 11.8 Å². The molecule has 4 aliphatic rings. The average molecular weight is 1000 g/mol. The Kier molecular flexibility index (Phi) is 16.5. The predicted octanol–water partition coefficient (Wildman–Crippen LogP) is 6.43. The molecule has 20 heteroatoms. The van der Waals surface area contributed by atoms with Crippen molar-refractivity contribution in [3.05, 3.63) is 79.9 Å². The van der Waals surface area contributed by atoms with E-state index in [1.54, 1.807) is 40.9 Å². The van der Waals surface area contributed by atoms with Gasteiger partial charge in [-0.2, -0.15) is 0 Å². The summed E-state index contributed by atoms with van der Waals surface area (Å²) < 4.78 is 44.7. The minimum absolute atomic E-state index is 0.0210. The number of nitrogens with zero attached hydrogens (tertiary/aromatic N) is 6. The van der Waals surface area contributed by atoms with Gasteiger partial charge in [0.05, 0.1) is 22.4 Å². The number of piperazine rings is 2. The Labute approximate surface area is 414 Å². The number of fused-ring (bicyclic) bond motifs is 2. The van der Waals surface area contributed by atoms with Gasteiger partial charge in [-0.25, -0.2) is 18.4 Å². The van der Waals surface area contributed by atoms with E-state index < -0.39 is 57.5 Å². The lowest BCUT2D eigenvalue weighted by molar-refractivity contribution is -0.152. The van der Waals surface area contributed by atoms with Crippen LogP contribution in [0.5, 0.6) is 0 Å². The van der Waals surface area contributed by atoms with Crippen LogP contribution in [0.2, 0.25) is 0 Å². The van der Waals surface area contributed by atoms with Crippen LogP contribution in [-0.2, 0) is 28.7 Å². The molecule has 2 aromatic heterocycles. The highest BCUT2D eigenvalue weighted by Gasteiger charge is 2.31. The lowest BCUT2D eigenvalue weighted by atomic mass is 10.1. The van der Waals surface area contributed by atoms with Gasteiger partial charge in [0.15, 0.2) is 13.2 Å². The number of carbonyl (C=O) groups is 6. The zero-order chi connectivity index (χ0) is 51.1. The van der Waals surface area contributed by atoms with E-state index in [0.717, 1.165) is 89.2 Å². The quantitative estimate of drug-likeness (QED) is 0.0605. The molecule has 0 spiro atoms. The minimum atomic E-state index is -1.35. The highest BCUT2D eigenvalue weighted by molar-refractivity contribution is 5.95. The van der Waals surface area contributed by atoms with E-state index in [-0.39, 0.29) is 72.1 Å². The van der Waals surface area contributed by atoms with Crippen LogP contribution in [0.4, 0.5) is 20.2 Å². The first-order chi connectivity index (χ1) is 34.7. The number of aromatic nitrogens is 2. The number of esters is 2. The summed E-state index contributed by atoms with van der Waals surface area (Å²) in [7, 11) is 0. The zero-order valence-electron chi connectivity index (χ0n) is 40.4. The summed E-state index contributed by atoms with van der Waals surface area (Å²) in [6.45, 7) is 1.74. The summed E-state index contributed by atoms with van der Waals surface area (Å²) in [5.41, 5.74) is -0.726. The molecule has 72 heavy (non-hydrogen) atoms. The van der Waals surface area contributed by atoms with Crippen molar-refractivity contribution >= 4 is 68.9 Å². The zero-order valence-corrected chi connectivity index (χ0v) is 40.4. The molecule has 2 N–H and O–H groups in total. The van der Waals surface area contributed by atoms with Crippen LogP contribution < -0.4 is 20.7 Å². The molecule has 2 aliphatic heterocycles. The molecule has 2 saturated heterocycles. The standard InChI is InChI=1S/C52H62F2N6O12/c53-39-25-35-41(59(33-13-14-33)29-37(49(35)65)51(67)68)27-43(39)55-17-21-57(22-18-55)45(61)31-71-47(63)11-9-7-5-3-1-2-4-6-8-10-12-48(64)72-32-46(62)58-23-19-56(20-24-58)44-28-42-36(26-40(44)54)50(66)38(52(69)70)30-60(42)34-15-16-34/h25-30,33-34H,1-24,31-32H2,(H,67,68)(H,69,70). The Bertz CT molecular complexity index is 2650. The molecule has 2 saturated carbocycles. The summed E-state index contributed by atoms with van der Waals surface area (Å²) in [6, 6.07) is 5.49. The van der Waals surface area contributed by atoms with Gasteiger partial charge in [-0.05, 0) is 62.8 Å². The van der Waals surface area contributed by atoms with Crippen molar-refractivity contribution < 1.29 is 57.2 Å². The predicted molar refractivity (Wildman–Crippen MR) is 262 cm³/mol. The Morgan fingerprint density at radius 1 is 0.500 bits per heavy atom. The number of pyridine rings is 2. The van der Waals surface area contributed by atoms with E-state index in [0.29, 0.717) is 76.2 Å². The van der Waals surface area contributed by atoms with Crippen LogP contribution in [-0.4, -0.2) is 130 Å². The van der Waals surface area contributed by atoms with Gasteiger partial charge in [0.1, 0.15) is 22.8 Å². The van der Waals surface area contributed by atoms with Crippen LogP contribution in [0.25, 0.3) is 21.8 Å². The maximum Gasteiger partial charge on any atom is 0.341 e. The first kappa shape index (κ1) is 51.5. The third-order valence-corrected chi connectivity index (χ3v) is 14.2. The van der Waals surface area contributed by atoms with E-state index >= 15 is 8.78 Å². The normalized spacial score (nSPS) is 16.1. The van der Waals surface area contributed by atoms with Crippen molar-refractivity contribution in [3.8, 4) is 0 Å². The number of carboxylic acid groups (broad SMARTS) is 2. The Morgan fingerprint density at radius 3 is 1.15 bits per heavy atom. The Balaban J connectivity index is 0.627. The number of carbonyl (C=O) groups excluding carboxylic acids is 4. The van der Waals surface area contributed by atoms with Gasteiger partial charge in [0, 0.05) is 100 Å². The van der Waals surface area contributed by atoms with Gasteiger partial charge < -0.3 is 48.4 Å². The molecule has 0 radical (unpaired) electrons. The topological polar surface area (TPSA) is 218 Å². The molecule has 386 valence electrons. The smallest absolute Gasteiger partial charge is 0.341 e. The number of halogens is 2. The minimum Gasteiger partial charge on any atom is -0.477 e. The van der Waals surface area contributed by atoms with Gasteiger partial charge in [-0.15, -0.1) is 0 Å². The SMILES string of the molecule is O=C(CCCCCCCCCCCCC(=O)OCC(=O)N1CCN(c2cc3c(cc2F)c(=O)c(C(=O)O)cn3C2CC2)CC1)OCC(=O)N1CCN(c2cc3c(cc2F)c(=O)c(C(=O)O)cn3C2CC2)CC1. The summed E-state index contributed by atoms with van der Waals surface area (Å²) >= 11 is 0. The molecule has 4 fully saturated rings. The van der Waals surface area contributed by atoms with Crippen molar-refractivity contribution in [2.24, 2.45) is 0 Å². The van der Waals surface area contributed by atoms with Crippen LogP contribution in [0.15, 0.2) is 46.2 Å². The van der Waals surface area contributed by atoms with Crippen LogP contribution in [0.1, 0.15) is 136 Å². The molecule has 4 heterocycles. The molecule has 0 unspecified atom stereocenters. The number of hydrogen-bond acceptors (Lipinski definition) is 12. The number of benzene rings is 2. The molecule has 0 bridgehead atoms. The fourth-order valence-electron chi connectivity index (χ4n) is 9.77. The van der Waals surface area contributed by atoms with E-state index in [2.05, 4.69) is 0 Å². The van der Waals surface area contributed by atoms with Crippen molar-refractivity contribution in [2.45, 2.75) is 115 Å². The van der Waals surface area contributed by atoms with Crippen LogP contribution >= 0.6 is 0 Å². The molecule has 2 amide bonds. The lowest BCUT2D eigenvalue weighted by Gasteiger charge is -2.36. The Hall–Kier alpha value is -6.86. The van der Waals surface area contributed by atoms with Crippen molar-refractivity contribution in [2.75, 3.05) is 75.4 Å². The fourth-order valence-corrected chi connectivity index (χ4v) is 9.77. The molecular weight excluding hydrogens is 939 g/mol. The highest BCUT2D eigenvalue weighted by Crippen LogP contribution is 2.39. The second kappa shape index (κ2) is 23.1. The van der Waals surface area contributed by atoms with Crippen molar-refractivity contribution in [1.29, 1.82) is 0 Å². The number of aromatic carboxylic acids is 2. The maximum absolute atomic E-state index is 15.4.